The molecule has 0 saturated heterocycles. The summed E-state index contributed by atoms with van der Waals surface area (Å²) in [4.78, 5) is 28.9. The molecule has 142 valence electrons. The average Bonchev–Trinajstić information content (AvgIpc) is 3.38. The maximum absolute atomic E-state index is 12.8. The predicted molar refractivity (Wildman–Crippen MR) is 96.4 cm³/mol. The predicted octanol–water partition coefficient (Wildman–Crippen LogP) is 2.18. The van der Waals surface area contributed by atoms with Gasteiger partial charge in [-0.25, -0.2) is 9.67 Å². The summed E-state index contributed by atoms with van der Waals surface area (Å²) in [5.41, 5.74) is 1.07. The number of amides is 1. The first-order chi connectivity index (χ1) is 13.5. The normalized spacial score (nSPS) is 12.0. The number of benzene rings is 2. The van der Waals surface area contributed by atoms with E-state index in [4.69, 9.17) is 9.47 Å². The SMILES string of the molecule is CN(Cc1ccc2c(c1)OCO2)C(=O)c1ccc(-n2cncn2)c([N+](=O)[O-])c1. The first-order valence-electron chi connectivity index (χ1n) is 8.30. The van der Waals surface area contributed by atoms with E-state index in [1.807, 2.05) is 12.1 Å². The van der Waals surface area contributed by atoms with E-state index in [0.717, 1.165) is 5.56 Å². The van der Waals surface area contributed by atoms with E-state index in [1.54, 1.807) is 13.1 Å². The van der Waals surface area contributed by atoms with Gasteiger partial charge in [0.25, 0.3) is 11.6 Å². The first-order valence-corrected chi connectivity index (χ1v) is 8.30. The molecule has 2 heterocycles. The second kappa shape index (κ2) is 6.99. The van der Waals surface area contributed by atoms with Crippen LogP contribution in [0.2, 0.25) is 0 Å². The quantitative estimate of drug-likeness (QED) is 0.492. The molecule has 0 atom stereocenters. The maximum atomic E-state index is 12.8. The lowest BCUT2D eigenvalue weighted by atomic mass is 10.1. The van der Waals surface area contributed by atoms with Gasteiger partial charge in [0.1, 0.15) is 18.3 Å². The molecule has 0 fully saturated rings. The van der Waals surface area contributed by atoms with Crippen molar-refractivity contribution in [1.82, 2.24) is 19.7 Å². The lowest BCUT2D eigenvalue weighted by molar-refractivity contribution is -0.384. The smallest absolute Gasteiger partial charge is 0.295 e. The fraction of sp³-hybridized carbons (Fsp3) is 0.167. The molecule has 0 unspecified atom stereocenters. The molecule has 1 amide bonds. The summed E-state index contributed by atoms with van der Waals surface area (Å²) in [7, 11) is 1.63. The second-order valence-electron chi connectivity index (χ2n) is 6.15. The van der Waals surface area contributed by atoms with E-state index in [2.05, 4.69) is 10.1 Å². The highest BCUT2D eigenvalue weighted by Gasteiger charge is 2.22. The van der Waals surface area contributed by atoms with E-state index in [-0.39, 0.29) is 29.6 Å². The zero-order valence-corrected chi connectivity index (χ0v) is 14.8. The van der Waals surface area contributed by atoms with Crippen molar-refractivity contribution >= 4 is 11.6 Å². The largest absolute Gasteiger partial charge is 0.454 e. The van der Waals surface area contributed by atoms with Crippen molar-refractivity contribution < 1.29 is 19.2 Å². The zero-order valence-electron chi connectivity index (χ0n) is 14.8. The van der Waals surface area contributed by atoms with Crippen LogP contribution >= 0.6 is 0 Å². The van der Waals surface area contributed by atoms with Crippen LogP contribution in [0.4, 0.5) is 5.69 Å². The summed E-state index contributed by atoms with van der Waals surface area (Å²) in [6.45, 7) is 0.490. The Hall–Kier alpha value is -3.95. The summed E-state index contributed by atoms with van der Waals surface area (Å²) in [6, 6.07) is 9.69. The van der Waals surface area contributed by atoms with Gasteiger partial charge >= 0.3 is 0 Å². The average molecular weight is 381 g/mol. The van der Waals surface area contributed by atoms with Crippen molar-refractivity contribution in [3.8, 4) is 17.2 Å². The van der Waals surface area contributed by atoms with Crippen LogP contribution in [0, 0.1) is 10.1 Å². The number of nitro groups is 1. The fourth-order valence-electron chi connectivity index (χ4n) is 2.93. The van der Waals surface area contributed by atoms with Crippen LogP contribution in [0.3, 0.4) is 0 Å². The Bertz CT molecular complexity index is 1050. The van der Waals surface area contributed by atoms with E-state index >= 15 is 0 Å². The molecular weight excluding hydrogens is 366 g/mol. The highest BCUT2D eigenvalue weighted by molar-refractivity contribution is 5.95. The number of ether oxygens (including phenoxy) is 2. The summed E-state index contributed by atoms with van der Waals surface area (Å²) in [5, 5.41) is 15.4. The van der Waals surface area contributed by atoms with E-state index in [9.17, 15) is 14.9 Å². The number of hydrogen-bond acceptors (Lipinski definition) is 7. The van der Waals surface area contributed by atoms with Gasteiger partial charge in [0.05, 0.1) is 4.92 Å². The molecule has 1 aliphatic rings. The Morgan fingerprint density at radius 1 is 1.25 bits per heavy atom. The Morgan fingerprint density at radius 3 is 2.82 bits per heavy atom. The third-order valence-electron chi connectivity index (χ3n) is 4.29. The first kappa shape index (κ1) is 17.5. The Kier molecular flexibility index (Phi) is 4.36. The number of carbonyl (C=O) groups excluding carboxylic acids is 1. The van der Waals surface area contributed by atoms with Crippen LogP contribution in [0.15, 0.2) is 49.1 Å². The lowest BCUT2D eigenvalue weighted by Crippen LogP contribution is -2.26. The molecule has 0 N–H and O–H groups in total. The minimum Gasteiger partial charge on any atom is -0.454 e. The van der Waals surface area contributed by atoms with Gasteiger partial charge in [-0.2, -0.15) is 5.10 Å². The van der Waals surface area contributed by atoms with E-state index in [0.29, 0.717) is 18.0 Å². The minimum absolute atomic E-state index is 0.176. The van der Waals surface area contributed by atoms with Crippen LogP contribution < -0.4 is 9.47 Å². The molecule has 2 aromatic carbocycles. The minimum atomic E-state index is -0.550. The van der Waals surface area contributed by atoms with Crippen LogP contribution in [-0.4, -0.2) is 44.3 Å². The molecule has 0 radical (unpaired) electrons. The summed E-state index contributed by atoms with van der Waals surface area (Å²) in [5.74, 6) is 0.953. The Morgan fingerprint density at radius 2 is 2.07 bits per heavy atom. The van der Waals surface area contributed by atoms with Gasteiger partial charge in [0.2, 0.25) is 6.79 Å². The van der Waals surface area contributed by atoms with Crippen LogP contribution in [-0.2, 0) is 6.54 Å². The second-order valence-corrected chi connectivity index (χ2v) is 6.15. The van der Waals surface area contributed by atoms with Crippen LogP contribution in [0.1, 0.15) is 15.9 Å². The van der Waals surface area contributed by atoms with Gasteiger partial charge < -0.3 is 14.4 Å². The molecule has 1 aliphatic heterocycles. The van der Waals surface area contributed by atoms with Gasteiger partial charge in [0, 0.05) is 25.2 Å². The van der Waals surface area contributed by atoms with Crippen molar-refractivity contribution in [1.29, 1.82) is 0 Å². The Balaban J connectivity index is 1.57. The standard InChI is InChI=1S/C18H15N5O5/c1-21(8-12-2-5-16-17(6-12)28-11-27-16)18(24)13-3-4-14(15(7-13)23(25)26)22-10-19-9-20-22/h2-7,9-10H,8,11H2,1H3. The van der Waals surface area contributed by atoms with Crippen molar-refractivity contribution in [2.75, 3.05) is 13.8 Å². The molecule has 0 bridgehead atoms. The summed E-state index contributed by atoms with van der Waals surface area (Å²) < 4.78 is 11.9. The molecule has 4 rings (SSSR count). The third kappa shape index (κ3) is 3.22. The summed E-state index contributed by atoms with van der Waals surface area (Å²) >= 11 is 0. The van der Waals surface area contributed by atoms with Gasteiger partial charge in [-0.3, -0.25) is 14.9 Å². The highest BCUT2D eigenvalue weighted by Crippen LogP contribution is 2.33. The molecule has 0 saturated carbocycles. The number of rotatable bonds is 5. The fourth-order valence-corrected chi connectivity index (χ4v) is 2.93. The number of nitro benzene ring substituents is 1. The van der Waals surface area contributed by atoms with Crippen molar-refractivity contribution in [2.45, 2.75) is 6.54 Å². The molecule has 10 nitrogen and oxygen atoms in total. The third-order valence-corrected chi connectivity index (χ3v) is 4.29. The van der Waals surface area contributed by atoms with Crippen molar-refractivity contribution in [2.24, 2.45) is 0 Å². The summed E-state index contributed by atoms with van der Waals surface area (Å²) in [6.07, 6.45) is 2.64. The van der Waals surface area contributed by atoms with Gasteiger partial charge in [0.15, 0.2) is 11.5 Å². The topological polar surface area (TPSA) is 113 Å². The number of nitrogens with zero attached hydrogens (tertiary/aromatic N) is 5. The lowest BCUT2D eigenvalue weighted by Gasteiger charge is -2.18. The Labute approximate surface area is 159 Å². The van der Waals surface area contributed by atoms with Gasteiger partial charge in [-0.05, 0) is 29.8 Å². The molecule has 1 aromatic heterocycles. The van der Waals surface area contributed by atoms with E-state index in [1.165, 1.54) is 40.4 Å². The number of hydrogen-bond donors (Lipinski definition) is 0. The van der Waals surface area contributed by atoms with Gasteiger partial charge in [-0.15, -0.1) is 0 Å². The number of fused-ring (bicyclic) bond motifs is 1. The maximum Gasteiger partial charge on any atom is 0.295 e. The monoisotopic (exact) mass is 381 g/mol. The zero-order chi connectivity index (χ0) is 19.7. The van der Waals surface area contributed by atoms with Crippen LogP contribution in [0.25, 0.3) is 5.69 Å². The highest BCUT2D eigenvalue weighted by atomic mass is 16.7. The molecule has 0 spiro atoms. The van der Waals surface area contributed by atoms with Gasteiger partial charge in [-0.1, -0.05) is 6.07 Å². The van der Waals surface area contributed by atoms with Crippen LogP contribution in [0.5, 0.6) is 11.5 Å². The molecule has 3 aromatic rings. The van der Waals surface area contributed by atoms with Crippen molar-refractivity contribution in [3.05, 3.63) is 70.3 Å². The van der Waals surface area contributed by atoms with Crippen molar-refractivity contribution in [3.63, 3.8) is 0 Å². The van der Waals surface area contributed by atoms with E-state index < -0.39 is 4.92 Å². The number of aromatic nitrogens is 3. The number of carbonyl (C=O) groups is 1. The molecular formula is C18H15N5O5. The molecule has 10 heteroatoms. The molecule has 0 aliphatic carbocycles. The molecule has 28 heavy (non-hydrogen) atoms.